The van der Waals surface area contributed by atoms with Crippen molar-refractivity contribution in [3.63, 3.8) is 0 Å². The van der Waals surface area contributed by atoms with Gasteiger partial charge in [-0.3, -0.25) is 0 Å². The zero-order chi connectivity index (χ0) is 18.0. The van der Waals surface area contributed by atoms with Crippen LogP contribution in [0.1, 0.15) is 24.1 Å². The molecule has 0 N–H and O–H groups in total. The fourth-order valence-corrected chi connectivity index (χ4v) is 5.15. The van der Waals surface area contributed by atoms with Gasteiger partial charge in [0.25, 0.3) is 0 Å². The van der Waals surface area contributed by atoms with E-state index in [4.69, 9.17) is 4.52 Å². The molecule has 5 nitrogen and oxygen atoms in total. The summed E-state index contributed by atoms with van der Waals surface area (Å²) in [6, 6.07) is 17.8. The third kappa shape index (κ3) is 3.66. The topological polar surface area (TPSA) is 63.4 Å². The van der Waals surface area contributed by atoms with E-state index in [9.17, 15) is 8.42 Å². The van der Waals surface area contributed by atoms with Crippen LogP contribution in [0.4, 0.5) is 0 Å². The van der Waals surface area contributed by atoms with E-state index in [0.29, 0.717) is 30.3 Å². The maximum absolute atomic E-state index is 12.8. The SMILES string of the molecule is O=S(=O)(Cc1noc2ccccc12)N1CCC(Cc2ccccc2)CC1. The Bertz CT molecular complexity index is 974. The molecule has 1 aromatic heterocycles. The van der Waals surface area contributed by atoms with Crippen molar-refractivity contribution in [2.75, 3.05) is 13.1 Å². The summed E-state index contributed by atoms with van der Waals surface area (Å²) in [5, 5.41) is 4.74. The number of para-hydroxylation sites is 1. The van der Waals surface area contributed by atoms with Crippen molar-refractivity contribution in [3.8, 4) is 0 Å². The quantitative estimate of drug-likeness (QED) is 0.688. The van der Waals surface area contributed by atoms with E-state index >= 15 is 0 Å². The van der Waals surface area contributed by atoms with Crippen molar-refractivity contribution in [2.45, 2.75) is 25.0 Å². The highest BCUT2D eigenvalue weighted by atomic mass is 32.2. The van der Waals surface area contributed by atoms with Gasteiger partial charge < -0.3 is 4.52 Å². The van der Waals surface area contributed by atoms with Crippen molar-refractivity contribution in [1.29, 1.82) is 0 Å². The molecule has 2 heterocycles. The van der Waals surface area contributed by atoms with Gasteiger partial charge >= 0.3 is 0 Å². The second-order valence-electron chi connectivity index (χ2n) is 6.91. The van der Waals surface area contributed by atoms with Crippen LogP contribution in [0.2, 0.25) is 0 Å². The zero-order valence-corrected chi connectivity index (χ0v) is 15.4. The van der Waals surface area contributed by atoms with Crippen molar-refractivity contribution < 1.29 is 12.9 Å². The van der Waals surface area contributed by atoms with Crippen LogP contribution in [0.25, 0.3) is 11.0 Å². The summed E-state index contributed by atoms with van der Waals surface area (Å²) in [6.07, 6.45) is 2.81. The van der Waals surface area contributed by atoms with E-state index in [1.807, 2.05) is 24.3 Å². The van der Waals surface area contributed by atoms with E-state index in [0.717, 1.165) is 24.6 Å². The molecule has 2 aromatic carbocycles. The predicted octanol–water partition coefficient (Wildman–Crippen LogP) is 3.61. The lowest BCUT2D eigenvalue weighted by molar-refractivity contribution is 0.272. The summed E-state index contributed by atoms with van der Waals surface area (Å²) in [4.78, 5) is 0. The summed E-state index contributed by atoms with van der Waals surface area (Å²) in [6.45, 7) is 1.16. The summed E-state index contributed by atoms with van der Waals surface area (Å²) in [5.41, 5.74) is 2.44. The standard InChI is InChI=1S/C20H22N2O3S/c23-26(24,15-19-18-8-4-5-9-20(18)25-21-19)22-12-10-17(11-13-22)14-16-6-2-1-3-7-16/h1-9,17H,10-15H2. The Labute approximate surface area is 153 Å². The first-order valence-corrected chi connectivity index (χ1v) is 10.6. The van der Waals surface area contributed by atoms with E-state index in [-0.39, 0.29) is 5.75 Å². The smallest absolute Gasteiger partial charge is 0.220 e. The average molecular weight is 370 g/mol. The highest BCUT2D eigenvalue weighted by molar-refractivity contribution is 7.88. The summed E-state index contributed by atoms with van der Waals surface area (Å²) < 4.78 is 32.5. The van der Waals surface area contributed by atoms with Crippen LogP contribution in [0.3, 0.4) is 0 Å². The van der Waals surface area contributed by atoms with Crippen molar-refractivity contribution in [3.05, 3.63) is 65.9 Å². The molecule has 6 heteroatoms. The van der Waals surface area contributed by atoms with Crippen molar-refractivity contribution in [1.82, 2.24) is 9.46 Å². The molecule has 136 valence electrons. The van der Waals surface area contributed by atoms with Gasteiger partial charge in [0.2, 0.25) is 10.0 Å². The van der Waals surface area contributed by atoms with Crippen LogP contribution >= 0.6 is 0 Å². The number of hydrogen-bond acceptors (Lipinski definition) is 4. The molecule has 26 heavy (non-hydrogen) atoms. The minimum atomic E-state index is -3.38. The van der Waals surface area contributed by atoms with Gasteiger partial charge in [-0.1, -0.05) is 47.6 Å². The van der Waals surface area contributed by atoms with Crippen LogP contribution in [0, 0.1) is 5.92 Å². The van der Waals surface area contributed by atoms with Gasteiger partial charge in [0.05, 0.1) is 0 Å². The van der Waals surface area contributed by atoms with E-state index in [1.54, 1.807) is 10.4 Å². The van der Waals surface area contributed by atoms with Gasteiger partial charge in [0.15, 0.2) is 5.58 Å². The molecule has 0 unspecified atom stereocenters. The summed E-state index contributed by atoms with van der Waals surface area (Å²) in [5.74, 6) is 0.435. The molecular formula is C20H22N2O3S. The lowest BCUT2D eigenvalue weighted by Crippen LogP contribution is -2.39. The summed E-state index contributed by atoms with van der Waals surface area (Å²) >= 11 is 0. The molecule has 1 aliphatic heterocycles. The molecule has 3 aromatic rings. The van der Waals surface area contributed by atoms with Gasteiger partial charge in [-0.15, -0.1) is 0 Å². The molecule has 0 aliphatic carbocycles. The second-order valence-corrected chi connectivity index (χ2v) is 8.88. The lowest BCUT2D eigenvalue weighted by atomic mass is 9.91. The molecular weight excluding hydrogens is 348 g/mol. The highest BCUT2D eigenvalue weighted by Gasteiger charge is 2.29. The van der Waals surface area contributed by atoms with E-state index < -0.39 is 10.0 Å². The van der Waals surface area contributed by atoms with Crippen molar-refractivity contribution in [2.24, 2.45) is 5.92 Å². The van der Waals surface area contributed by atoms with Gasteiger partial charge in [0.1, 0.15) is 11.4 Å². The largest absolute Gasteiger partial charge is 0.356 e. The molecule has 1 saturated heterocycles. The maximum atomic E-state index is 12.8. The number of fused-ring (bicyclic) bond motifs is 1. The normalized spacial score (nSPS) is 16.9. The van der Waals surface area contributed by atoms with Crippen LogP contribution in [0.5, 0.6) is 0 Å². The van der Waals surface area contributed by atoms with Gasteiger partial charge in [0, 0.05) is 18.5 Å². The molecule has 4 rings (SSSR count). The Hall–Kier alpha value is -2.18. The van der Waals surface area contributed by atoms with Crippen LogP contribution in [0.15, 0.2) is 59.1 Å². The molecule has 0 atom stereocenters. The predicted molar refractivity (Wildman–Crippen MR) is 101 cm³/mol. The first kappa shape index (κ1) is 17.2. The van der Waals surface area contributed by atoms with Crippen LogP contribution < -0.4 is 0 Å². The molecule has 0 spiro atoms. The monoisotopic (exact) mass is 370 g/mol. The minimum Gasteiger partial charge on any atom is -0.356 e. The Morgan fingerprint density at radius 2 is 1.69 bits per heavy atom. The first-order chi connectivity index (χ1) is 12.6. The molecule has 0 amide bonds. The first-order valence-electron chi connectivity index (χ1n) is 8.97. The van der Waals surface area contributed by atoms with Gasteiger partial charge in [-0.25, -0.2) is 12.7 Å². The summed E-state index contributed by atoms with van der Waals surface area (Å²) in [7, 11) is -3.38. The average Bonchev–Trinajstić information content (AvgIpc) is 3.06. The van der Waals surface area contributed by atoms with Crippen LogP contribution in [-0.2, 0) is 22.2 Å². The third-order valence-corrected chi connectivity index (χ3v) is 6.90. The van der Waals surface area contributed by atoms with Gasteiger partial charge in [-0.05, 0) is 42.9 Å². The Morgan fingerprint density at radius 3 is 2.46 bits per heavy atom. The number of rotatable bonds is 5. The highest BCUT2D eigenvalue weighted by Crippen LogP contribution is 2.26. The molecule has 1 aliphatic rings. The molecule has 0 radical (unpaired) electrons. The Morgan fingerprint density at radius 1 is 1.00 bits per heavy atom. The Kier molecular flexibility index (Phi) is 4.78. The number of sulfonamides is 1. The fourth-order valence-electron chi connectivity index (χ4n) is 3.65. The minimum absolute atomic E-state index is 0.104. The molecule has 0 bridgehead atoms. The Balaban J connectivity index is 1.40. The maximum Gasteiger partial charge on any atom is 0.220 e. The van der Waals surface area contributed by atoms with Crippen LogP contribution in [-0.4, -0.2) is 31.0 Å². The molecule has 0 saturated carbocycles. The van der Waals surface area contributed by atoms with E-state index in [2.05, 4.69) is 29.4 Å². The number of aromatic nitrogens is 1. The third-order valence-electron chi connectivity index (χ3n) is 5.11. The fraction of sp³-hybridized carbons (Fsp3) is 0.350. The number of benzene rings is 2. The zero-order valence-electron chi connectivity index (χ0n) is 14.5. The number of nitrogens with zero attached hydrogens (tertiary/aromatic N) is 2. The molecule has 1 fully saturated rings. The second kappa shape index (κ2) is 7.21. The van der Waals surface area contributed by atoms with Gasteiger partial charge in [-0.2, -0.15) is 0 Å². The number of piperidine rings is 1. The van der Waals surface area contributed by atoms with E-state index in [1.165, 1.54) is 5.56 Å². The number of hydrogen-bond donors (Lipinski definition) is 0. The lowest BCUT2D eigenvalue weighted by Gasteiger charge is -2.31. The van der Waals surface area contributed by atoms with Crippen molar-refractivity contribution >= 4 is 21.0 Å².